The molecule has 15 heavy (non-hydrogen) atoms. The summed E-state index contributed by atoms with van der Waals surface area (Å²) < 4.78 is 1.45. The predicted octanol–water partition coefficient (Wildman–Crippen LogP) is 3.18. The van der Waals surface area contributed by atoms with Gasteiger partial charge in [0.05, 0.1) is 10.3 Å². The van der Waals surface area contributed by atoms with Gasteiger partial charge in [-0.25, -0.2) is 0 Å². The Hall–Kier alpha value is -0.500. The zero-order valence-electron chi connectivity index (χ0n) is 8.69. The first-order chi connectivity index (χ1) is 7.31. The third kappa shape index (κ3) is 2.54. The molecule has 0 aliphatic carbocycles. The predicted molar refractivity (Wildman–Crippen MR) is 65.2 cm³/mol. The lowest BCUT2D eigenvalue weighted by atomic mass is 10.0. The first kappa shape index (κ1) is 11.0. The van der Waals surface area contributed by atoms with Crippen molar-refractivity contribution < 1.29 is 0 Å². The Bertz CT molecular complexity index is 367. The molecule has 0 aromatic carbocycles. The van der Waals surface area contributed by atoms with Gasteiger partial charge in [0, 0.05) is 24.3 Å². The molecule has 2 atom stereocenters. The minimum atomic E-state index is 0.454. The number of nitrogens with zero attached hydrogens (tertiary/aromatic N) is 1. The van der Waals surface area contributed by atoms with E-state index in [1.165, 1.54) is 16.2 Å². The summed E-state index contributed by atoms with van der Waals surface area (Å²) in [6.07, 6.45) is 1.76. The van der Waals surface area contributed by atoms with E-state index in [4.69, 9.17) is 5.26 Å². The smallest absolute Gasteiger partial charge is 0.0649 e. The second kappa shape index (κ2) is 5.02. The number of nitrogens with one attached hydrogen (secondary N) is 1. The number of fused-ring (bicyclic) bond motifs is 1. The summed E-state index contributed by atoms with van der Waals surface area (Å²) >= 11 is 3.81. The van der Waals surface area contributed by atoms with E-state index in [9.17, 15) is 0 Å². The fourth-order valence-corrected chi connectivity index (χ4v) is 4.41. The van der Waals surface area contributed by atoms with Crippen molar-refractivity contribution in [3.63, 3.8) is 0 Å². The summed E-state index contributed by atoms with van der Waals surface area (Å²) in [6.45, 7) is 3.07. The lowest BCUT2D eigenvalue weighted by molar-refractivity contribution is 0.495. The average molecular weight is 238 g/mol. The van der Waals surface area contributed by atoms with Gasteiger partial charge < -0.3 is 5.32 Å². The molecule has 0 bridgehead atoms. The Labute approximate surface area is 98.7 Å². The molecule has 0 fully saturated rings. The van der Waals surface area contributed by atoms with E-state index in [0.717, 1.165) is 6.54 Å². The molecular formula is C11H14N2S2. The van der Waals surface area contributed by atoms with Gasteiger partial charge in [0.15, 0.2) is 0 Å². The number of hydrogen-bond donors (Lipinski definition) is 1. The number of rotatable bonds is 3. The molecule has 1 aromatic rings. The molecule has 0 spiro atoms. The highest BCUT2D eigenvalue weighted by atomic mass is 32.2. The zero-order chi connectivity index (χ0) is 10.7. The van der Waals surface area contributed by atoms with Crippen molar-refractivity contribution >= 4 is 23.1 Å². The SMILES string of the molecule is C[C@H]1CC(NCCC#N)c2ccsc2S1. The Morgan fingerprint density at radius 2 is 2.53 bits per heavy atom. The highest BCUT2D eigenvalue weighted by Crippen LogP contribution is 2.43. The van der Waals surface area contributed by atoms with E-state index in [1.54, 1.807) is 0 Å². The summed E-state index contributed by atoms with van der Waals surface area (Å²) in [7, 11) is 0. The topological polar surface area (TPSA) is 35.8 Å². The first-order valence-electron chi connectivity index (χ1n) is 5.15. The van der Waals surface area contributed by atoms with Gasteiger partial charge in [0.2, 0.25) is 0 Å². The minimum Gasteiger partial charge on any atom is -0.309 e. The van der Waals surface area contributed by atoms with Crippen LogP contribution in [0.5, 0.6) is 0 Å². The lowest BCUT2D eigenvalue weighted by Crippen LogP contribution is -2.27. The van der Waals surface area contributed by atoms with Crippen molar-refractivity contribution in [2.45, 2.75) is 35.3 Å². The quantitative estimate of drug-likeness (QED) is 0.822. The molecule has 1 aliphatic rings. The van der Waals surface area contributed by atoms with Crippen LogP contribution >= 0.6 is 23.1 Å². The molecule has 2 nitrogen and oxygen atoms in total. The van der Waals surface area contributed by atoms with E-state index in [2.05, 4.69) is 29.8 Å². The van der Waals surface area contributed by atoms with Crippen molar-refractivity contribution in [2.24, 2.45) is 0 Å². The minimum absolute atomic E-state index is 0.454. The van der Waals surface area contributed by atoms with Crippen LogP contribution in [0.3, 0.4) is 0 Å². The van der Waals surface area contributed by atoms with Gasteiger partial charge in [0.1, 0.15) is 0 Å². The highest BCUT2D eigenvalue weighted by molar-refractivity contribution is 8.01. The zero-order valence-corrected chi connectivity index (χ0v) is 10.3. The van der Waals surface area contributed by atoms with Crippen LogP contribution in [0.4, 0.5) is 0 Å². The molecule has 1 aliphatic heterocycles. The van der Waals surface area contributed by atoms with Crippen LogP contribution in [0.1, 0.15) is 31.4 Å². The van der Waals surface area contributed by atoms with Crippen LogP contribution in [0.2, 0.25) is 0 Å². The van der Waals surface area contributed by atoms with Crippen LogP contribution in [0, 0.1) is 11.3 Å². The summed E-state index contributed by atoms with van der Waals surface area (Å²) in [4.78, 5) is 0. The first-order valence-corrected chi connectivity index (χ1v) is 6.91. The molecule has 4 heteroatoms. The average Bonchev–Trinajstić information content (AvgIpc) is 2.65. The Morgan fingerprint density at radius 3 is 3.33 bits per heavy atom. The van der Waals surface area contributed by atoms with E-state index in [1.807, 2.05) is 23.1 Å². The molecule has 0 amide bonds. The van der Waals surface area contributed by atoms with Crippen LogP contribution in [-0.2, 0) is 0 Å². The van der Waals surface area contributed by atoms with E-state index in [-0.39, 0.29) is 0 Å². The molecule has 1 N–H and O–H groups in total. The van der Waals surface area contributed by atoms with Crippen molar-refractivity contribution in [1.82, 2.24) is 5.32 Å². The van der Waals surface area contributed by atoms with E-state index in [0.29, 0.717) is 17.7 Å². The number of thioether (sulfide) groups is 1. The fraction of sp³-hybridized carbons (Fsp3) is 0.545. The molecule has 1 unspecified atom stereocenters. The number of thiophene rings is 1. The van der Waals surface area contributed by atoms with Crippen LogP contribution < -0.4 is 5.32 Å². The summed E-state index contributed by atoms with van der Waals surface area (Å²) in [5.41, 5.74) is 1.43. The van der Waals surface area contributed by atoms with Gasteiger partial charge in [-0.3, -0.25) is 0 Å². The van der Waals surface area contributed by atoms with Gasteiger partial charge in [-0.2, -0.15) is 5.26 Å². The summed E-state index contributed by atoms with van der Waals surface area (Å²) in [5, 5.41) is 14.8. The fourth-order valence-electron chi connectivity index (χ4n) is 1.84. The van der Waals surface area contributed by atoms with Crippen molar-refractivity contribution in [2.75, 3.05) is 6.54 Å². The van der Waals surface area contributed by atoms with Crippen LogP contribution in [-0.4, -0.2) is 11.8 Å². The second-order valence-corrected chi connectivity index (χ2v) is 6.37. The molecule has 0 saturated heterocycles. The number of hydrogen-bond acceptors (Lipinski definition) is 4. The Balaban J connectivity index is 2.04. The molecule has 1 aromatic heterocycles. The lowest BCUT2D eigenvalue weighted by Gasteiger charge is -2.27. The van der Waals surface area contributed by atoms with Crippen molar-refractivity contribution in [3.8, 4) is 6.07 Å². The Morgan fingerprint density at radius 1 is 1.67 bits per heavy atom. The normalized spacial score (nSPS) is 24.5. The molecule has 0 radical (unpaired) electrons. The largest absolute Gasteiger partial charge is 0.309 e. The molecular weight excluding hydrogens is 224 g/mol. The Kier molecular flexibility index (Phi) is 3.68. The molecule has 2 rings (SSSR count). The standard InChI is InChI=1S/C11H14N2S2/c1-8-7-10(13-5-2-4-12)9-3-6-14-11(9)15-8/h3,6,8,10,13H,2,5,7H2,1H3/t8-,10?/m0/s1. The summed E-state index contributed by atoms with van der Waals surface area (Å²) in [5.74, 6) is 0. The molecule has 2 heterocycles. The number of nitriles is 1. The van der Waals surface area contributed by atoms with Crippen molar-refractivity contribution in [3.05, 3.63) is 17.0 Å². The van der Waals surface area contributed by atoms with Gasteiger partial charge in [-0.05, 0) is 23.4 Å². The van der Waals surface area contributed by atoms with Crippen molar-refractivity contribution in [1.29, 1.82) is 5.26 Å². The third-order valence-corrected chi connectivity index (χ3v) is 4.88. The van der Waals surface area contributed by atoms with Gasteiger partial charge in [0.25, 0.3) is 0 Å². The maximum absolute atomic E-state index is 8.51. The van der Waals surface area contributed by atoms with Crippen LogP contribution in [0.25, 0.3) is 0 Å². The van der Waals surface area contributed by atoms with Gasteiger partial charge in [-0.15, -0.1) is 23.1 Å². The molecule has 0 saturated carbocycles. The van der Waals surface area contributed by atoms with Gasteiger partial charge in [-0.1, -0.05) is 6.92 Å². The monoisotopic (exact) mass is 238 g/mol. The third-order valence-electron chi connectivity index (χ3n) is 2.54. The van der Waals surface area contributed by atoms with E-state index >= 15 is 0 Å². The van der Waals surface area contributed by atoms with E-state index < -0.39 is 0 Å². The molecule has 80 valence electrons. The maximum atomic E-state index is 8.51. The van der Waals surface area contributed by atoms with Gasteiger partial charge >= 0.3 is 0 Å². The highest BCUT2D eigenvalue weighted by Gasteiger charge is 2.25. The van der Waals surface area contributed by atoms with Crippen LogP contribution in [0.15, 0.2) is 15.7 Å². The summed E-state index contributed by atoms with van der Waals surface area (Å²) in [6, 6.07) is 4.84. The maximum Gasteiger partial charge on any atom is 0.0649 e. The second-order valence-electron chi connectivity index (χ2n) is 3.74.